The van der Waals surface area contributed by atoms with Crippen LogP contribution in [0.25, 0.3) is 0 Å². The van der Waals surface area contributed by atoms with E-state index in [-0.39, 0.29) is 6.61 Å². The van der Waals surface area contributed by atoms with Crippen LogP contribution >= 0.6 is 11.6 Å². The van der Waals surface area contributed by atoms with Gasteiger partial charge in [-0.05, 0) is 24.7 Å². The van der Waals surface area contributed by atoms with Crippen LogP contribution in [0.2, 0.25) is 5.02 Å². The molecule has 1 aromatic rings. The first kappa shape index (κ1) is 12.5. The maximum atomic E-state index is 9.24. The van der Waals surface area contributed by atoms with Crippen molar-refractivity contribution in [2.45, 2.75) is 12.6 Å². The van der Waals surface area contributed by atoms with E-state index in [0.717, 1.165) is 17.1 Å². The van der Waals surface area contributed by atoms with Gasteiger partial charge in [0, 0.05) is 18.1 Å². The highest BCUT2D eigenvalue weighted by atomic mass is 35.5. The van der Waals surface area contributed by atoms with Crippen molar-refractivity contribution in [3.8, 4) is 0 Å². The number of benzene rings is 1. The van der Waals surface area contributed by atoms with Crippen molar-refractivity contribution < 1.29 is 10.2 Å². The second-order valence-corrected chi connectivity index (χ2v) is 4.10. The highest BCUT2D eigenvalue weighted by molar-refractivity contribution is 6.30. The number of nitrogens with zero attached hydrogens (tertiary/aromatic N) is 1. The molecule has 0 spiro atoms. The second-order valence-electron chi connectivity index (χ2n) is 3.66. The highest BCUT2D eigenvalue weighted by Crippen LogP contribution is 2.10. The number of aliphatic hydroxyl groups is 2. The van der Waals surface area contributed by atoms with Crippen LogP contribution in [0.5, 0.6) is 0 Å². The minimum atomic E-state index is -0.678. The van der Waals surface area contributed by atoms with Gasteiger partial charge in [-0.3, -0.25) is 4.90 Å². The fourth-order valence-corrected chi connectivity index (χ4v) is 1.51. The van der Waals surface area contributed by atoms with Gasteiger partial charge >= 0.3 is 0 Å². The molecule has 0 aromatic heterocycles. The van der Waals surface area contributed by atoms with Gasteiger partial charge in [-0.2, -0.15) is 0 Å². The minimum Gasteiger partial charge on any atom is -0.394 e. The Bertz CT molecular complexity index is 289. The fourth-order valence-electron chi connectivity index (χ4n) is 1.38. The van der Waals surface area contributed by atoms with Gasteiger partial charge < -0.3 is 10.2 Å². The molecule has 1 atom stereocenters. The summed E-state index contributed by atoms with van der Waals surface area (Å²) in [6.45, 7) is 0.984. The van der Waals surface area contributed by atoms with E-state index in [1.165, 1.54) is 0 Å². The summed E-state index contributed by atoms with van der Waals surface area (Å²) in [5.41, 5.74) is 1.13. The molecule has 15 heavy (non-hydrogen) atoms. The van der Waals surface area contributed by atoms with Gasteiger partial charge in [0.2, 0.25) is 0 Å². The van der Waals surface area contributed by atoms with Crippen LogP contribution in [0.3, 0.4) is 0 Å². The molecule has 1 rings (SSSR count). The molecule has 0 radical (unpaired) electrons. The van der Waals surface area contributed by atoms with E-state index in [4.69, 9.17) is 16.7 Å². The van der Waals surface area contributed by atoms with E-state index in [9.17, 15) is 5.11 Å². The Morgan fingerprint density at radius 1 is 1.33 bits per heavy atom. The predicted octanol–water partition coefficient (Wildman–Crippen LogP) is 1.12. The number of likely N-dealkylation sites (N-methyl/N-ethyl adjacent to an activating group) is 1. The van der Waals surface area contributed by atoms with Crippen LogP contribution in [-0.2, 0) is 6.54 Å². The molecule has 0 aliphatic heterocycles. The number of hydrogen-bond donors (Lipinski definition) is 2. The summed E-state index contributed by atoms with van der Waals surface area (Å²) >= 11 is 5.77. The third kappa shape index (κ3) is 4.62. The molecule has 0 fully saturated rings. The molecule has 0 heterocycles. The smallest absolute Gasteiger partial charge is 0.0897 e. The summed E-state index contributed by atoms with van der Waals surface area (Å²) in [4.78, 5) is 1.95. The first-order valence-corrected chi connectivity index (χ1v) is 5.21. The van der Waals surface area contributed by atoms with Crippen LogP contribution < -0.4 is 0 Å². The predicted molar refractivity (Wildman–Crippen MR) is 60.9 cm³/mol. The lowest BCUT2D eigenvalue weighted by Crippen LogP contribution is -2.30. The van der Waals surface area contributed by atoms with E-state index >= 15 is 0 Å². The maximum Gasteiger partial charge on any atom is 0.0897 e. The van der Waals surface area contributed by atoms with Gasteiger partial charge in [-0.1, -0.05) is 23.7 Å². The largest absolute Gasteiger partial charge is 0.394 e. The van der Waals surface area contributed by atoms with Crippen LogP contribution in [0.4, 0.5) is 0 Å². The van der Waals surface area contributed by atoms with E-state index in [0.29, 0.717) is 6.54 Å². The summed E-state index contributed by atoms with van der Waals surface area (Å²) < 4.78 is 0. The van der Waals surface area contributed by atoms with Gasteiger partial charge in [-0.15, -0.1) is 0 Å². The number of halogens is 1. The topological polar surface area (TPSA) is 43.7 Å². The van der Waals surface area contributed by atoms with Crippen molar-refractivity contribution in [3.05, 3.63) is 34.9 Å². The molecule has 0 amide bonds. The van der Waals surface area contributed by atoms with Gasteiger partial charge in [0.1, 0.15) is 0 Å². The van der Waals surface area contributed by atoms with Crippen molar-refractivity contribution in [1.82, 2.24) is 4.90 Å². The quantitative estimate of drug-likeness (QED) is 0.796. The van der Waals surface area contributed by atoms with E-state index in [2.05, 4.69) is 0 Å². The maximum absolute atomic E-state index is 9.24. The molecule has 1 aromatic carbocycles. The first-order valence-electron chi connectivity index (χ1n) is 4.83. The molecule has 84 valence electrons. The van der Waals surface area contributed by atoms with Crippen molar-refractivity contribution in [2.24, 2.45) is 0 Å². The Morgan fingerprint density at radius 2 is 1.93 bits per heavy atom. The Hall–Kier alpha value is -0.610. The summed E-state index contributed by atoms with van der Waals surface area (Å²) in [5.74, 6) is 0. The molecule has 2 N–H and O–H groups in total. The van der Waals surface area contributed by atoms with Crippen LogP contribution in [0.1, 0.15) is 5.56 Å². The third-order valence-corrected chi connectivity index (χ3v) is 2.35. The highest BCUT2D eigenvalue weighted by Gasteiger charge is 2.06. The standard InChI is InChI=1S/C11H16ClNO2/c1-13(7-11(15)8-14)6-9-2-4-10(12)5-3-9/h2-5,11,14-15H,6-8H2,1H3. The average molecular weight is 230 g/mol. The lowest BCUT2D eigenvalue weighted by atomic mass is 10.2. The van der Waals surface area contributed by atoms with E-state index in [1.807, 2.05) is 36.2 Å². The van der Waals surface area contributed by atoms with Crippen LogP contribution in [-0.4, -0.2) is 41.4 Å². The van der Waals surface area contributed by atoms with Gasteiger partial charge in [0.15, 0.2) is 0 Å². The Morgan fingerprint density at radius 3 is 2.47 bits per heavy atom. The molecular weight excluding hydrogens is 214 g/mol. The lowest BCUT2D eigenvalue weighted by molar-refractivity contribution is 0.0648. The zero-order chi connectivity index (χ0) is 11.3. The van der Waals surface area contributed by atoms with Crippen LogP contribution in [0, 0.1) is 0 Å². The minimum absolute atomic E-state index is 0.203. The Balaban J connectivity index is 2.44. The summed E-state index contributed by atoms with van der Waals surface area (Å²) in [7, 11) is 1.90. The molecule has 0 saturated carbocycles. The summed E-state index contributed by atoms with van der Waals surface area (Å²) in [5, 5.41) is 18.6. The van der Waals surface area contributed by atoms with Crippen molar-refractivity contribution in [2.75, 3.05) is 20.2 Å². The molecule has 0 saturated heterocycles. The van der Waals surface area contributed by atoms with Gasteiger partial charge in [0.05, 0.1) is 12.7 Å². The molecular formula is C11H16ClNO2. The monoisotopic (exact) mass is 229 g/mol. The number of aliphatic hydroxyl groups excluding tert-OH is 2. The number of rotatable bonds is 5. The lowest BCUT2D eigenvalue weighted by Gasteiger charge is -2.19. The van der Waals surface area contributed by atoms with Crippen molar-refractivity contribution >= 4 is 11.6 Å². The fraction of sp³-hybridized carbons (Fsp3) is 0.455. The normalized spacial score (nSPS) is 13.1. The van der Waals surface area contributed by atoms with Gasteiger partial charge in [0.25, 0.3) is 0 Å². The average Bonchev–Trinajstić information content (AvgIpc) is 2.21. The first-order chi connectivity index (χ1) is 7.11. The zero-order valence-corrected chi connectivity index (χ0v) is 9.48. The molecule has 0 bridgehead atoms. The molecule has 0 aliphatic carbocycles. The number of hydrogen-bond acceptors (Lipinski definition) is 3. The molecule has 4 heteroatoms. The third-order valence-electron chi connectivity index (χ3n) is 2.10. The Labute approximate surface area is 94.9 Å². The molecule has 0 aliphatic rings. The van der Waals surface area contributed by atoms with Crippen LogP contribution in [0.15, 0.2) is 24.3 Å². The SMILES string of the molecule is CN(Cc1ccc(Cl)cc1)CC(O)CO. The Kier molecular flexibility index (Phi) is 5.05. The second kappa shape index (κ2) is 6.08. The summed E-state index contributed by atoms with van der Waals surface area (Å²) in [6.07, 6.45) is -0.678. The van der Waals surface area contributed by atoms with E-state index in [1.54, 1.807) is 0 Å². The molecule has 1 unspecified atom stereocenters. The molecule has 3 nitrogen and oxygen atoms in total. The van der Waals surface area contributed by atoms with E-state index < -0.39 is 6.10 Å². The summed E-state index contributed by atoms with van der Waals surface area (Å²) in [6, 6.07) is 7.58. The van der Waals surface area contributed by atoms with Gasteiger partial charge in [-0.25, -0.2) is 0 Å². The zero-order valence-electron chi connectivity index (χ0n) is 8.73. The van der Waals surface area contributed by atoms with Crippen molar-refractivity contribution in [3.63, 3.8) is 0 Å². The van der Waals surface area contributed by atoms with Crippen molar-refractivity contribution in [1.29, 1.82) is 0 Å².